The van der Waals surface area contributed by atoms with Crippen LogP contribution < -0.4 is 0 Å². The van der Waals surface area contributed by atoms with Gasteiger partial charge in [-0.15, -0.1) is 0 Å². The zero-order valence-corrected chi connectivity index (χ0v) is 11.3. The number of allylic oxidation sites excluding steroid dienone is 2. The van der Waals surface area contributed by atoms with Crippen LogP contribution in [0.15, 0.2) is 11.1 Å². The normalized spacial score (nSPS) is 48.9. The summed E-state index contributed by atoms with van der Waals surface area (Å²) in [6.07, 6.45) is 13.7. The predicted octanol–water partition coefficient (Wildman–Crippen LogP) is 4.95. The van der Waals surface area contributed by atoms with Crippen LogP contribution in [0.3, 0.4) is 0 Å². The van der Waals surface area contributed by atoms with E-state index in [2.05, 4.69) is 6.92 Å². The number of fused-ring (bicyclic) bond motifs is 4. The molecule has 0 heteroatoms. The van der Waals surface area contributed by atoms with Crippen molar-refractivity contribution in [3.05, 3.63) is 11.1 Å². The van der Waals surface area contributed by atoms with Gasteiger partial charge in [0.25, 0.3) is 0 Å². The SMILES string of the molecule is CC1C2=C(C3CCCCC3C2)C2CCCCC12. The van der Waals surface area contributed by atoms with Crippen molar-refractivity contribution >= 4 is 0 Å². The quantitative estimate of drug-likeness (QED) is 0.517. The molecule has 5 atom stereocenters. The van der Waals surface area contributed by atoms with E-state index < -0.39 is 0 Å². The number of hydrogen-bond acceptors (Lipinski definition) is 0. The van der Waals surface area contributed by atoms with Gasteiger partial charge < -0.3 is 0 Å². The predicted molar refractivity (Wildman–Crippen MR) is 71.7 cm³/mol. The molecule has 94 valence electrons. The molecule has 0 aromatic heterocycles. The van der Waals surface area contributed by atoms with Gasteiger partial charge >= 0.3 is 0 Å². The van der Waals surface area contributed by atoms with Gasteiger partial charge in [-0.1, -0.05) is 43.8 Å². The van der Waals surface area contributed by atoms with Crippen LogP contribution in [-0.4, -0.2) is 0 Å². The molecule has 0 aromatic rings. The third-order valence-electron chi connectivity index (χ3n) is 6.57. The maximum absolute atomic E-state index is 2.56. The minimum absolute atomic E-state index is 0.959. The second-order valence-electron chi connectivity index (χ2n) is 7.18. The lowest BCUT2D eigenvalue weighted by Crippen LogP contribution is -2.27. The highest BCUT2D eigenvalue weighted by Gasteiger charge is 2.49. The summed E-state index contributed by atoms with van der Waals surface area (Å²) in [5.41, 5.74) is 4.01. The van der Waals surface area contributed by atoms with Crippen molar-refractivity contribution in [3.8, 4) is 0 Å². The summed E-state index contributed by atoms with van der Waals surface area (Å²) in [5.74, 6) is 5.20. The van der Waals surface area contributed by atoms with Gasteiger partial charge in [0, 0.05) is 0 Å². The molecule has 0 N–H and O–H groups in total. The number of rotatable bonds is 0. The van der Waals surface area contributed by atoms with E-state index in [9.17, 15) is 0 Å². The summed E-state index contributed by atoms with van der Waals surface area (Å²) in [7, 11) is 0. The van der Waals surface area contributed by atoms with E-state index >= 15 is 0 Å². The van der Waals surface area contributed by atoms with Crippen LogP contribution in [0, 0.1) is 29.6 Å². The smallest absolute Gasteiger partial charge is 0.0164 e. The van der Waals surface area contributed by atoms with Crippen LogP contribution >= 0.6 is 0 Å². The average molecular weight is 230 g/mol. The fourth-order valence-corrected chi connectivity index (χ4v) is 5.86. The maximum atomic E-state index is 2.56. The Morgan fingerprint density at radius 2 is 1.53 bits per heavy atom. The topological polar surface area (TPSA) is 0 Å². The zero-order chi connectivity index (χ0) is 11.4. The van der Waals surface area contributed by atoms with Gasteiger partial charge in [-0.25, -0.2) is 0 Å². The Bertz CT molecular complexity index is 351. The van der Waals surface area contributed by atoms with Crippen molar-refractivity contribution in [2.75, 3.05) is 0 Å². The molecule has 0 bridgehead atoms. The Labute approximate surface area is 106 Å². The van der Waals surface area contributed by atoms with E-state index in [1.807, 2.05) is 11.1 Å². The largest absolute Gasteiger partial charge is 0.0670 e. The van der Waals surface area contributed by atoms with Crippen LogP contribution in [0.25, 0.3) is 0 Å². The summed E-state index contributed by atoms with van der Waals surface area (Å²) in [5, 5.41) is 0. The Morgan fingerprint density at radius 3 is 2.41 bits per heavy atom. The van der Waals surface area contributed by atoms with Crippen molar-refractivity contribution < 1.29 is 0 Å². The fraction of sp³-hybridized carbons (Fsp3) is 0.882. The molecule has 0 nitrogen and oxygen atoms in total. The Morgan fingerprint density at radius 1 is 0.824 bits per heavy atom. The molecule has 0 radical (unpaired) electrons. The minimum Gasteiger partial charge on any atom is -0.0670 e. The summed E-state index contributed by atoms with van der Waals surface area (Å²) >= 11 is 0. The molecule has 2 fully saturated rings. The second-order valence-corrected chi connectivity index (χ2v) is 7.18. The van der Waals surface area contributed by atoms with Crippen LogP contribution in [0.2, 0.25) is 0 Å². The average Bonchev–Trinajstić information content (AvgIpc) is 2.88. The lowest BCUT2D eigenvalue weighted by atomic mass is 9.68. The summed E-state index contributed by atoms with van der Waals surface area (Å²) < 4.78 is 0. The zero-order valence-electron chi connectivity index (χ0n) is 11.3. The molecule has 0 amide bonds. The van der Waals surface area contributed by atoms with Crippen LogP contribution in [0.4, 0.5) is 0 Å². The first-order chi connectivity index (χ1) is 8.36. The maximum Gasteiger partial charge on any atom is -0.0164 e. The van der Waals surface area contributed by atoms with Gasteiger partial charge in [-0.05, 0) is 61.7 Å². The molecule has 0 saturated heterocycles. The van der Waals surface area contributed by atoms with E-state index in [1.165, 1.54) is 44.9 Å². The highest BCUT2D eigenvalue weighted by atomic mass is 14.5. The Balaban J connectivity index is 1.68. The van der Waals surface area contributed by atoms with Gasteiger partial charge in [0.15, 0.2) is 0 Å². The van der Waals surface area contributed by atoms with E-state index in [1.54, 1.807) is 12.8 Å². The first kappa shape index (κ1) is 10.6. The van der Waals surface area contributed by atoms with E-state index in [4.69, 9.17) is 0 Å². The van der Waals surface area contributed by atoms with Gasteiger partial charge in [-0.2, -0.15) is 0 Å². The van der Waals surface area contributed by atoms with Crippen molar-refractivity contribution in [1.82, 2.24) is 0 Å². The first-order valence-corrected chi connectivity index (χ1v) is 8.09. The first-order valence-electron chi connectivity index (χ1n) is 8.09. The molecule has 4 aliphatic carbocycles. The highest BCUT2D eigenvalue weighted by Crippen LogP contribution is 2.60. The highest BCUT2D eigenvalue weighted by molar-refractivity contribution is 5.36. The molecule has 0 spiro atoms. The van der Waals surface area contributed by atoms with Crippen molar-refractivity contribution in [3.63, 3.8) is 0 Å². The molecule has 17 heavy (non-hydrogen) atoms. The second kappa shape index (κ2) is 3.87. The summed E-state index contributed by atoms with van der Waals surface area (Å²) in [4.78, 5) is 0. The molecule has 0 aromatic carbocycles. The van der Waals surface area contributed by atoms with Crippen LogP contribution in [0.1, 0.15) is 64.7 Å². The van der Waals surface area contributed by atoms with E-state index in [0.717, 1.165) is 29.6 Å². The molecular formula is C17H26. The van der Waals surface area contributed by atoms with Crippen LogP contribution in [0.5, 0.6) is 0 Å². The van der Waals surface area contributed by atoms with Gasteiger partial charge in [-0.3, -0.25) is 0 Å². The molecular weight excluding hydrogens is 204 g/mol. The monoisotopic (exact) mass is 230 g/mol. The van der Waals surface area contributed by atoms with E-state index in [0.29, 0.717) is 0 Å². The molecule has 0 heterocycles. The Hall–Kier alpha value is -0.260. The van der Waals surface area contributed by atoms with Gasteiger partial charge in [0.05, 0.1) is 0 Å². The standard InChI is InChI=1S/C17H26/c1-11-13-7-4-5-9-15(13)17-14-8-3-2-6-12(14)10-16(11)17/h11-15H,2-10H2,1H3. The molecule has 0 aliphatic heterocycles. The fourth-order valence-electron chi connectivity index (χ4n) is 5.86. The molecule has 5 unspecified atom stereocenters. The molecule has 2 saturated carbocycles. The lowest BCUT2D eigenvalue weighted by Gasteiger charge is -2.37. The van der Waals surface area contributed by atoms with Gasteiger partial charge in [0.1, 0.15) is 0 Å². The van der Waals surface area contributed by atoms with E-state index in [-0.39, 0.29) is 0 Å². The van der Waals surface area contributed by atoms with Crippen molar-refractivity contribution in [1.29, 1.82) is 0 Å². The lowest BCUT2D eigenvalue weighted by molar-refractivity contribution is 0.196. The summed E-state index contributed by atoms with van der Waals surface area (Å²) in [6, 6.07) is 0. The Kier molecular flexibility index (Phi) is 2.42. The minimum atomic E-state index is 0.959. The molecule has 4 rings (SSSR count). The number of hydrogen-bond donors (Lipinski definition) is 0. The molecule has 4 aliphatic rings. The third kappa shape index (κ3) is 1.42. The van der Waals surface area contributed by atoms with Crippen molar-refractivity contribution in [2.24, 2.45) is 29.6 Å². The third-order valence-corrected chi connectivity index (χ3v) is 6.57. The van der Waals surface area contributed by atoms with Crippen molar-refractivity contribution in [2.45, 2.75) is 64.7 Å². The summed E-state index contributed by atoms with van der Waals surface area (Å²) in [6.45, 7) is 2.56. The van der Waals surface area contributed by atoms with Gasteiger partial charge in [0.2, 0.25) is 0 Å². The van der Waals surface area contributed by atoms with Crippen LogP contribution in [-0.2, 0) is 0 Å².